The van der Waals surface area contributed by atoms with E-state index in [9.17, 15) is 9.50 Å². The molecule has 2 rings (SSSR count). The van der Waals surface area contributed by atoms with Gasteiger partial charge < -0.3 is 9.84 Å². The minimum atomic E-state index is -0.260. The highest BCUT2D eigenvalue weighted by atomic mass is 19.1. The molecule has 20 heavy (non-hydrogen) atoms. The maximum absolute atomic E-state index is 12.9. The monoisotopic (exact) mass is 274 g/mol. The largest absolute Gasteiger partial charge is 0.494 e. The number of ether oxygens (including phenoxy) is 1. The van der Waals surface area contributed by atoms with Gasteiger partial charge in [0.2, 0.25) is 0 Å². The lowest BCUT2D eigenvalue weighted by molar-refractivity contribution is 0.264. The van der Waals surface area contributed by atoms with Crippen LogP contribution in [0, 0.1) is 5.82 Å². The van der Waals surface area contributed by atoms with Gasteiger partial charge >= 0.3 is 0 Å². The minimum absolute atomic E-state index is 0.0322. The molecule has 2 nitrogen and oxygen atoms in total. The van der Waals surface area contributed by atoms with Crippen LogP contribution in [0.4, 0.5) is 4.39 Å². The molecular weight excluding hydrogens is 255 g/mol. The molecule has 0 aliphatic rings. The fourth-order valence-electron chi connectivity index (χ4n) is 2.24. The van der Waals surface area contributed by atoms with Crippen molar-refractivity contribution in [1.82, 2.24) is 0 Å². The van der Waals surface area contributed by atoms with Gasteiger partial charge in [-0.25, -0.2) is 4.39 Å². The number of halogens is 1. The van der Waals surface area contributed by atoms with Crippen molar-refractivity contribution in [2.24, 2.45) is 0 Å². The smallest absolute Gasteiger partial charge is 0.123 e. The minimum Gasteiger partial charge on any atom is -0.494 e. The van der Waals surface area contributed by atoms with Crippen LogP contribution in [0.5, 0.6) is 5.75 Å². The molecule has 1 unspecified atom stereocenters. The van der Waals surface area contributed by atoms with Crippen molar-refractivity contribution in [2.75, 3.05) is 13.2 Å². The molecule has 0 fully saturated rings. The SMILES string of the molecule is CCOc1cccc(CC(CO)c2ccc(F)cc2)c1. The Morgan fingerprint density at radius 2 is 1.90 bits per heavy atom. The fraction of sp³-hybridized carbons (Fsp3) is 0.294. The summed E-state index contributed by atoms with van der Waals surface area (Å²) < 4.78 is 18.4. The van der Waals surface area contributed by atoms with Crippen molar-refractivity contribution in [3.05, 3.63) is 65.5 Å². The van der Waals surface area contributed by atoms with Gasteiger partial charge in [0.1, 0.15) is 11.6 Å². The van der Waals surface area contributed by atoms with Gasteiger partial charge in [-0.15, -0.1) is 0 Å². The highest BCUT2D eigenvalue weighted by Gasteiger charge is 2.12. The highest BCUT2D eigenvalue weighted by molar-refractivity contribution is 5.31. The molecule has 1 atom stereocenters. The van der Waals surface area contributed by atoms with Gasteiger partial charge in [-0.05, 0) is 48.7 Å². The summed E-state index contributed by atoms with van der Waals surface area (Å²) in [6, 6.07) is 14.1. The predicted molar refractivity (Wildman–Crippen MR) is 77.5 cm³/mol. The maximum Gasteiger partial charge on any atom is 0.123 e. The van der Waals surface area contributed by atoms with Crippen LogP contribution in [0.15, 0.2) is 48.5 Å². The third kappa shape index (κ3) is 3.81. The Morgan fingerprint density at radius 1 is 1.15 bits per heavy atom. The molecule has 0 amide bonds. The molecule has 0 aliphatic heterocycles. The van der Waals surface area contributed by atoms with Gasteiger partial charge in [0.15, 0.2) is 0 Å². The van der Waals surface area contributed by atoms with Crippen LogP contribution in [0.25, 0.3) is 0 Å². The van der Waals surface area contributed by atoms with Crippen LogP contribution >= 0.6 is 0 Å². The summed E-state index contributed by atoms with van der Waals surface area (Å²) in [6.45, 7) is 2.61. The van der Waals surface area contributed by atoms with Crippen molar-refractivity contribution in [3.8, 4) is 5.75 Å². The van der Waals surface area contributed by atoms with Crippen LogP contribution in [0.2, 0.25) is 0 Å². The first-order valence-corrected chi connectivity index (χ1v) is 6.81. The van der Waals surface area contributed by atoms with E-state index in [2.05, 4.69) is 0 Å². The molecule has 0 bridgehead atoms. The van der Waals surface area contributed by atoms with E-state index in [0.29, 0.717) is 13.0 Å². The normalized spacial score (nSPS) is 12.2. The molecule has 0 saturated heterocycles. The zero-order valence-electron chi connectivity index (χ0n) is 11.6. The number of rotatable bonds is 6. The Kier molecular flexibility index (Phi) is 5.13. The third-order valence-electron chi connectivity index (χ3n) is 3.25. The van der Waals surface area contributed by atoms with Crippen LogP contribution in [0.1, 0.15) is 24.0 Å². The van der Waals surface area contributed by atoms with Gasteiger partial charge in [0, 0.05) is 5.92 Å². The van der Waals surface area contributed by atoms with Crippen LogP contribution in [0.3, 0.4) is 0 Å². The van der Waals surface area contributed by atoms with E-state index in [1.165, 1.54) is 12.1 Å². The zero-order valence-corrected chi connectivity index (χ0v) is 11.6. The summed E-state index contributed by atoms with van der Waals surface area (Å²) in [5.74, 6) is 0.539. The molecular formula is C17H19FO2. The third-order valence-corrected chi connectivity index (χ3v) is 3.25. The number of aliphatic hydroxyl groups is 1. The Labute approximate surface area is 118 Å². The van der Waals surface area contributed by atoms with Crippen LogP contribution < -0.4 is 4.74 Å². The fourth-order valence-corrected chi connectivity index (χ4v) is 2.24. The second-order valence-corrected chi connectivity index (χ2v) is 4.72. The standard InChI is InChI=1S/C17H19FO2/c1-2-20-17-5-3-4-13(11-17)10-15(12-19)14-6-8-16(18)9-7-14/h3-9,11,15,19H,2,10,12H2,1H3. The summed E-state index contributed by atoms with van der Waals surface area (Å²) in [4.78, 5) is 0. The molecule has 0 heterocycles. The van der Waals surface area contributed by atoms with E-state index in [1.54, 1.807) is 12.1 Å². The topological polar surface area (TPSA) is 29.5 Å². The Hall–Kier alpha value is -1.87. The molecule has 1 N–H and O–H groups in total. The highest BCUT2D eigenvalue weighted by Crippen LogP contribution is 2.23. The number of hydrogen-bond acceptors (Lipinski definition) is 2. The van der Waals surface area contributed by atoms with Crippen molar-refractivity contribution < 1.29 is 14.2 Å². The quantitative estimate of drug-likeness (QED) is 0.873. The number of benzene rings is 2. The Morgan fingerprint density at radius 3 is 2.55 bits per heavy atom. The summed E-state index contributed by atoms with van der Waals surface area (Å²) in [5, 5.41) is 9.56. The van der Waals surface area contributed by atoms with Crippen LogP contribution in [-0.2, 0) is 6.42 Å². The van der Waals surface area contributed by atoms with E-state index in [0.717, 1.165) is 16.9 Å². The maximum atomic E-state index is 12.9. The number of aliphatic hydroxyl groups excluding tert-OH is 1. The summed E-state index contributed by atoms with van der Waals surface area (Å²) in [5.41, 5.74) is 2.04. The molecule has 0 spiro atoms. The molecule has 3 heteroatoms. The van der Waals surface area contributed by atoms with Crippen molar-refractivity contribution in [1.29, 1.82) is 0 Å². The first-order valence-electron chi connectivity index (χ1n) is 6.81. The average Bonchev–Trinajstić information content (AvgIpc) is 2.47. The lowest BCUT2D eigenvalue weighted by Crippen LogP contribution is -2.08. The van der Waals surface area contributed by atoms with Crippen molar-refractivity contribution >= 4 is 0 Å². The van der Waals surface area contributed by atoms with E-state index in [-0.39, 0.29) is 18.3 Å². The summed E-state index contributed by atoms with van der Waals surface area (Å²) >= 11 is 0. The molecule has 0 saturated carbocycles. The lowest BCUT2D eigenvalue weighted by Gasteiger charge is -2.15. The molecule has 0 aliphatic carbocycles. The van der Waals surface area contributed by atoms with E-state index in [1.807, 2.05) is 31.2 Å². The number of hydrogen-bond donors (Lipinski definition) is 1. The molecule has 2 aromatic carbocycles. The Bertz CT molecular complexity index is 537. The zero-order chi connectivity index (χ0) is 14.4. The second kappa shape index (κ2) is 7.06. The van der Waals surface area contributed by atoms with E-state index in [4.69, 9.17) is 4.74 Å². The van der Waals surface area contributed by atoms with Gasteiger partial charge in [-0.1, -0.05) is 24.3 Å². The molecule has 106 valence electrons. The van der Waals surface area contributed by atoms with E-state index < -0.39 is 0 Å². The van der Waals surface area contributed by atoms with E-state index >= 15 is 0 Å². The average molecular weight is 274 g/mol. The Balaban J connectivity index is 2.13. The van der Waals surface area contributed by atoms with Gasteiger partial charge in [0.05, 0.1) is 13.2 Å². The van der Waals surface area contributed by atoms with Crippen LogP contribution in [-0.4, -0.2) is 18.3 Å². The van der Waals surface area contributed by atoms with Crippen molar-refractivity contribution in [2.45, 2.75) is 19.3 Å². The summed E-state index contributed by atoms with van der Waals surface area (Å²) in [7, 11) is 0. The first kappa shape index (κ1) is 14.5. The first-order chi connectivity index (χ1) is 9.72. The molecule has 2 aromatic rings. The summed E-state index contributed by atoms with van der Waals surface area (Å²) in [6.07, 6.45) is 0.697. The van der Waals surface area contributed by atoms with Gasteiger partial charge in [-0.3, -0.25) is 0 Å². The molecule has 0 aromatic heterocycles. The van der Waals surface area contributed by atoms with Gasteiger partial charge in [0.25, 0.3) is 0 Å². The lowest BCUT2D eigenvalue weighted by atomic mass is 9.92. The van der Waals surface area contributed by atoms with Gasteiger partial charge in [-0.2, -0.15) is 0 Å². The predicted octanol–water partition coefficient (Wildman–Crippen LogP) is 3.54. The van der Waals surface area contributed by atoms with Crippen molar-refractivity contribution in [3.63, 3.8) is 0 Å². The molecule has 0 radical (unpaired) electrons. The second-order valence-electron chi connectivity index (χ2n) is 4.72.